The van der Waals surface area contributed by atoms with Crippen molar-refractivity contribution in [1.82, 2.24) is 0 Å². The summed E-state index contributed by atoms with van der Waals surface area (Å²) in [5.41, 5.74) is -0.0397. The highest BCUT2D eigenvalue weighted by Crippen LogP contribution is 2.32. The quantitative estimate of drug-likeness (QED) is 0.743. The summed E-state index contributed by atoms with van der Waals surface area (Å²) >= 11 is 0. The molecule has 0 unspecified atom stereocenters. The van der Waals surface area contributed by atoms with Gasteiger partial charge in [-0.25, -0.2) is 0 Å². The van der Waals surface area contributed by atoms with Crippen molar-refractivity contribution in [3.63, 3.8) is 0 Å². The van der Waals surface area contributed by atoms with Gasteiger partial charge in [-0.05, 0) is 18.2 Å². The van der Waals surface area contributed by atoms with E-state index >= 15 is 0 Å². The smallest absolute Gasteiger partial charge is 0.367 e. The van der Waals surface area contributed by atoms with Gasteiger partial charge in [-0.1, -0.05) is 0 Å². The molecule has 1 aliphatic rings. The predicted molar refractivity (Wildman–Crippen MR) is 49.7 cm³/mol. The Morgan fingerprint density at radius 2 is 2.00 bits per heavy atom. The van der Waals surface area contributed by atoms with Gasteiger partial charge in [0.2, 0.25) is 5.91 Å². The Bertz CT molecular complexity index is 429. The maximum atomic E-state index is 12.4. The molecule has 1 N–H and O–H groups in total. The number of rotatable bonds is 0. The lowest BCUT2D eigenvalue weighted by molar-refractivity contribution is -0.137. The first kappa shape index (κ1) is 10.9. The third kappa shape index (κ3) is 2.16. The molecule has 0 saturated heterocycles. The lowest BCUT2D eigenvalue weighted by Crippen LogP contribution is -2.15. The van der Waals surface area contributed by atoms with E-state index in [0.29, 0.717) is 11.3 Å². The molecule has 2 rings (SSSR count). The fourth-order valence-corrected chi connectivity index (χ4v) is 1.45. The Hall–Kier alpha value is -1.56. The number of benzene rings is 1. The summed E-state index contributed by atoms with van der Waals surface area (Å²) in [4.78, 5) is 11.1. The summed E-state index contributed by atoms with van der Waals surface area (Å²) in [7, 11) is 0. The van der Waals surface area contributed by atoms with E-state index in [-0.39, 0.29) is 19.1 Å². The minimum atomic E-state index is -4.38. The number of hydrogen-bond donors (Lipinski definition) is 1. The molecule has 0 bridgehead atoms. The Balaban J connectivity index is 2.39. The van der Waals surface area contributed by atoms with Crippen LogP contribution in [0, 0.1) is 0 Å². The van der Waals surface area contributed by atoms with Gasteiger partial charge in [0.25, 0.3) is 0 Å². The lowest BCUT2D eigenvalue weighted by atomic mass is 10.1. The summed E-state index contributed by atoms with van der Waals surface area (Å²) < 4.78 is 42.1. The van der Waals surface area contributed by atoms with Gasteiger partial charge in [-0.3, -0.25) is 4.79 Å². The minimum absolute atomic E-state index is 0.00199. The first-order chi connectivity index (χ1) is 7.47. The second-order valence-corrected chi connectivity index (χ2v) is 3.41. The van der Waals surface area contributed by atoms with E-state index < -0.39 is 11.7 Å². The highest BCUT2D eigenvalue weighted by Gasteiger charge is 2.31. The molecule has 0 atom stereocenters. The first-order valence-corrected chi connectivity index (χ1v) is 4.54. The van der Waals surface area contributed by atoms with E-state index in [2.05, 4.69) is 5.32 Å². The van der Waals surface area contributed by atoms with Crippen LogP contribution in [0.25, 0.3) is 0 Å². The van der Waals surface area contributed by atoms with Crippen molar-refractivity contribution in [2.75, 3.05) is 11.9 Å². The predicted octanol–water partition coefficient (Wildman–Crippen LogP) is 2.17. The number of nitrogens with one attached hydrogen (secondary N) is 1. The minimum Gasteiger partial charge on any atom is -0.367 e. The molecule has 0 spiro atoms. The maximum Gasteiger partial charge on any atom is 0.416 e. The van der Waals surface area contributed by atoms with Crippen LogP contribution >= 0.6 is 0 Å². The van der Waals surface area contributed by atoms with Crippen LogP contribution in [0.2, 0.25) is 0 Å². The SMILES string of the molecule is O=C1COCc2cc(C(F)(F)F)ccc2N1. The molecule has 1 aromatic rings. The average molecular weight is 231 g/mol. The van der Waals surface area contributed by atoms with Crippen LogP contribution in [0.4, 0.5) is 18.9 Å². The van der Waals surface area contributed by atoms with Crippen molar-refractivity contribution in [2.45, 2.75) is 12.8 Å². The second-order valence-electron chi connectivity index (χ2n) is 3.41. The second kappa shape index (κ2) is 3.79. The molecule has 1 aliphatic heterocycles. The van der Waals surface area contributed by atoms with Crippen LogP contribution in [0.3, 0.4) is 0 Å². The third-order valence-corrected chi connectivity index (χ3v) is 2.20. The Labute approximate surface area is 89.2 Å². The lowest BCUT2D eigenvalue weighted by Gasteiger charge is -2.10. The van der Waals surface area contributed by atoms with Gasteiger partial charge in [0.05, 0.1) is 12.2 Å². The summed E-state index contributed by atoms with van der Waals surface area (Å²) in [6.07, 6.45) is -4.38. The number of anilines is 1. The van der Waals surface area contributed by atoms with E-state index in [4.69, 9.17) is 4.74 Å². The van der Waals surface area contributed by atoms with Gasteiger partial charge in [0, 0.05) is 11.3 Å². The molecule has 1 aromatic carbocycles. The van der Waals surface area contributed by atoms with Gasteiger partial charge in [0.1, 0.15) is 6.61 Å². The largest absolute Gasteiger partial charge is 0.416 e. The number of carbonyl (C=O) groups is 1. The van der Waals surface area contributed by atoms with Crippen LogP contribution in [-0.2, 0) is 22.3 Å². The van der Waals surface area contributed by atoms with Gasteiger partial charge in [0.15, 0.2) is 0 Å². The van der Waals surface area contributed by atoms with E-state index in [1.54, 1.807) is 0 Å². The number of amides is 1. The number of hydrogen-bond acceptors (Lipinski definition) is 2. The van der Waals surface area contributed by atoms with Gasteiger partial charge in [-0.15, -0.1) is 0 Å². The molecular weight excluding hydrogens is 223 g/mol. The molecular formula is C10H8F3NO2. The molecule has 16 heavy (non-hydrogen) atoms. The normalized spacial score (nSPS) is 16.3. The van der Waals surface area contributed by atoms with E-state index in [1.807, 2.05) is 0 Å². The fourth-order valence-electron chi connectivity index (χ4n) is 1.45. The number of fused-ring (bicyclic) bond motifs is 1. The van der Waals surface area contributed by atoms with Crippen molar-refractivity contribution in [3.05, 3.63) is 29.3 Å². The molecule has 6 heteroatoms. The van der Waals surface area contributed by atoms with Crippen molar-refractivity contribution >= 4 is 11.6 Å². The highest BCUT2D eigenvalue weighted by molar-refractivity contribution is 5.93. The number of alkyl halides is 3. The number of ether oxygens (including phenoxy) is 1. The van der Waals surface area contributed by atoms with Gasteiger partial charge < -0.3 is 10.1 Å². The summed E-state index contributed by atoms with van der Waals surface area (Å²) in [6.45, 7) is -0.145. The van der Waals surface area contributed by atoms with Crippen LogP contribution in [0.1, 0.15) is 11.1 Å². The fraction of sp³-hybridized carbons (Fsp3) is 0.300. The summed E-state index contributed by atoms with van der Waals surface area (Å²) in [5.74, 6) is -0.362. The topological polar surface area (TPSA) is 38.3 Å². The van der Waals surface area contributed by atoms with Crippen LogP contribution < -0.4 is 5.32 Å². The van der Waals surface area contributed by atoms with E-state index in [1.165, 1.54) is 6.07 Å². The van der Waals surface area contributed by atoms with Crippen LogP contribution in [0.5, 0.6) is 0 Å². The molecule has 0 aromatic heterocycles. The molecule has 0 saturated carbocycles. The van der Waals surface area contributed by atoms with Crippen molar-refractivity contribution in [1.29, 1.82) is 0 Å². The number of carbonyl (C=O) groups excluding carboxylic acids is 1. The third-order valence-electron chi connectivity index (χ3n) is 2.20. The molecule has 0 aliphatic carbocycles. The zero-order valence-corrected chi connectivity index (χ0v) is 8.10. The first-order valence-electron chi connectivity index (χ1n) is 4.54. The number of halogens is 3. The van der Waals surface area contributed by atoms with Crippen molar-refractivity contribution in [2.24, 2.45) is 0 Å². The zero-order valence-electron chi connectivity index (χ0n) is 8.10. The van der Waals surface area contributed by atoms with Gasteiger partial charge >= 0.3 is 6.18 Å². The molecule has 1 amide bonds. The average Bonchev–Trinajstić information content (AvgIpc) is 2.35. The highest BCUT2D eigenvalue weighted by atomic mass is 19.4. The van der Waals surface area contributed by atoms with Crippen molar-refractivity contribution in [3.8, 4) is 0 Å². The monoisotopic (exact) mass is 231 g/mol. The van der Waals surface area contributed by atoms with E-state index in [0.717, 1.165) is 12.1 Å². The van der Waals surface area contributed by atoms with Crippen LogP contribution in [-0.4, -0.2) is 12.5 Å². The molecule has 1 heterocycles. The van der Waals surface area contributed by atoms with E-state index in [9.17, 15) is 18.0 Å². The summed E-state index contributed by atoms with van der Waals surface area (Å²) in [5, 5.41) is 2.47. The molecule has 3 nitrogen and oxygen atoms in total. The Morgan fingerprint density at radius 3 is 2.69 bits per heavy atom. The standard InChI is InChI=1S/C10H8F3NO2/c11-10(12,13)7-1-2-8-6(3-7)4-16-5-9(15)14-8/h1-3H,4-5H2,(H,14,15). The Morgan fingerprint density at radius 1 is 1.25 bits per heavy atom. The van der Waals surface area contributed by atoms with Crippen LogP contribution in [0.15, 0.2) is 18.2 Å². The van der Waals surface area contributed by atoms with Crippen molar-refractivity contribution < 1.29 is 22.7 Å². The zero-order chi connectivity index (χ0) is 11.8. The molecule has 0 radical (unpaired) electrons. The molecule has 0 fully saturated rings. The Kier molecular flexibility index (Phi) is 2.59. The summed E-state index contributed by atoms with van der Waals surface area (Å²) in [6, 6.07) is 3.16. The van der Waals surface area contributed by atoms with Gasteiger partial charge in [-0.2, -0.15) is 13.2 Å². The molecule has 86 valence electrons. The maximum absolute atomic E-state index is 12.4.